The molecule has 4 aromatic rings. The largest absolute Gasteiger partial charge is 0.444 e. The molecule has 0 aliphatic carbocycles. The normalized spacial score (nSPS) is 11.6. The summed E-state index contributed by atoms with van der Waals surface area (Å²) in [6, 6.07) is 24.7. The van der Waals surface area contributed by atoms with Crippen molar-refractivity contribution < 1.29 is 57.6 Å². The molecule has 0 spiro atoms. The van der Waals surface area contributed by atoms with Crippen molar-refractivity contribution in [3.63, 3.8) is 0 Å². The van der Waals surface area contributed by atoms with Crippen molar-refractivity contribution in [2.24, 2.45) is 0 Å². The molecule has 8 N–H and O–H groups in total. The molecule has 0 aromatic heterocycles. The van der Waals surface area contributed by atoms with Crippen LogP contribution in [0.2, 0.25) is 0 Å². The van der Waals surface area contributed by atoms with Crippen LogP contribution in [0.25, 0.3) is 0 Å². The summed E-state index contributed by atoms with van der Waals surface area (Å²) in [5.74, 6) is -0.731. The van der Waals surface area contributed by atoms with Gasteiger partial charge >= 0.3 is 24.4 Å². The summed E-state index contributed by atoms with van der Waals surface area (Å²) in [7, 11) is 0. The number of aliphatic hydroxyl groups is 1. The molecule has 19 nitrogen and oxygen atoms in total. The Morgan fingerprint density at radius 1 is 0.314 bits per heavy atom. The molecule has 0 saturated carbocycles. The minimum absolute atomic E-state index is 0.0795. The molecule has 19 heteroatoms. The molecule has 4 rings (SSSR count). The lowest BCUT2D eigenvalue weighted by molar-refractivity contribution is 0.0515. The minimum atomic E-state index is -0.618. The van der Waals surface area contributed by atoms with Gasteiger partial charge in [-0.2, -0.15) is 0 Å². The molecule has 0 radical (unpaired) electrons. The average molecular weight is 1190 g/mol. The predicted molar refractivity (Wildman–Crippen MR) is 334 cm³/mol. The van der Waals surface area contributed by atoms with E-state index in [1.54, 1.807) is 83.1 Å². The molecular formula is C67H97N7O12. The summed E-state index contributed by atoms with van der Waals surface area (Å²) in [5.41, 5.74) is 6.21. The summed E-state index contributed by atoms with van der Waals surface area (Å²) in [4.78, 5) is 90.6. The Hall–Kier alpha value is -7.67. The first-order chi connectivity index (χ1) is 40.4. The summed E-state index contributed by atoms with van der Waals surface area (Å²) < 4.78 is 21.5. The van der Waals surface area contributed by atoms with Gasteiger partial charge in [-0.05, 0) is 241 Å². The molecule has 0 aliphatic rings. The molecule has 0 fully saturated rings. The maximum Gasteiger partial charge on any atom is 0.407 e. The Bertz CT molecular complexity index is 2590. The zero-order valence-electron chi connectivity index (χ0n) is 53.1. The third-order valence-corrected chi connectivity index (χ3v) is 12.7. The van der Waals surface area contributed by atoms with Crippen molar-refractivity contribution in [2.75, 3.05) is 39.3 Å². The van der Waals surface area contributed by atoms with E-state index in [4.69, 9.17) is 18.9 Å². The fraction of sp³-hybridized carbons (Fsp3) is 0.537. The van der Waals surface area contributed by atoms with Crippen LogP contribution in [0.1, 0.15) is 197 Å². The first-order valence-electron chi connectivity index (χ1n) is 30.2. The quantitative estimate of drug-likeness (QED) is 0.0179. The minimum Gasteiger partial charge on any atom is -0.444 e. The number of benzene rings is 4. The highest BCUT2D eigenvalue weighted by Gasteiger charge is 2.20. The van der Waals surface area contributed by atoms with E-state index in [-0.39, 0.29) is 30.9 Å². The monoisotopic (exact) mass is 1190 g/mol. The van der Waals surface area contributed by atoms with Gasteiger partial charge in [-0.1, -0.05) is 42.5 Å². The van der Waals surface area contributed by atoms with Gasteiger partial charge in [0.15, 0.2) is 0 Å². The van der Waals surface area contributed by atoms with Gasteiger partial charge in [0.1, 0.15) is 22.4 Å². The van der Waals surface area contributed by atoms with Gasteiger partial charge in [0.05, 0.1) is 6.61 Å². The molecule has 7 amide bonds. The molecule has 0 unspecified atom stereocenters. The molecule has 0 heterocycles. The van der Waals surface area contributed by atoms with Gasteiger partial charge in [0.25, 0.3) is 17.7 Å². The topological polar surface area (TPSA) is 261 Å². The highest BCUT2D eigenvalue weighted by molar-refractivity contribution is 5.96. The van der Waals surface area contributed by atoms with Gasteiger partial charge < -0.3 is 61.3 Å². The van der Waals surface area contributed by atoms with Gasteiger partial charge in [-0.25, -0.2) is 19.2 Å². The Kier molecular flexibility index (Phi) is 28.4. The van der Waals surface area contributed by atoms with E-state index in [2.05, 4.69) is 43.3 Å². The number of hydrogen-bond donors (Lipinski definition) is 8. The Labute approximate surface area is 510 Å². The van der Waals surface area contributed by atoms with E-state index >= 15 is 0 Å². The van der Waals surface area contributed by atoms with Crippen LogP contribution < -0.4 is 37.2 Å². The van der Waals surface area contributed by atoms with Crippen LogP contribution >= 0.6 is 0 Å². The number of rotatable bonds is 30. The van der Waals surface area contributed by atoms with Crippen LogP contribution in [0.4, 0.5) is 19.2 Å². The van der Waals surface area contributed by atoms with E-state index in [1.807, 2.05) is 72.8 Å². The average Bonchev–Trinajstić information content (AvgIpc) is 3.39. The molecule has 0 atom stereocenters. The fourth-order valence-corrected chi connectivity index (χ4v) is 8.98. The highest BCUT2D eigenvalue weighted by Crippen LogP contribution is 2.20. The van der Waals surface area contributed by atoms with E-state index in [1.165, 1.54) is 0 Å². The summed E-state index contributed by atoms with van der Waals surface area (Å²) in [5, 5.41) is 29.9. The molecule has 4 aromatic carbocycles. The van der Waals surface area contributed by atoms with Crippen molar-refractivity contribution >= 4 is 42.1 Å². The number of hydrogen-bond acceptors (Lipinski definition) is 12. The van der Waals surface area contributed by atoms with Crippen LogP contribution in [0.15, 0.2) is 78.9 Å². The van der Waals surface area contributed by atoms with Gasteiger partial charge in [-0.15, -0.1) is 0 Å². The fourth-order valence-electron chi connectivity index (χ4n) is 8.98. The SMILES string of the molecule is CC(C)(C)OC(=O)NCCCc1cc(CCCNC(=O)OC(C)(C)C)cc(C(=O)NCCCc2cc(CCCNC(=O)c3cc(CCCNC(=O)OC(C)(C)C)cc(CCCNC(=O)OC(C)(C)C)c3)cc(C(=O)NCc3ccc(CO)cc3)c2)c1. The van der Waals surface area contributed by atoms with Crippen molar-refractivity contribution in [2.45, 2.75) is 196 Å². The van der Waals surface area contributed by atoms with E-state index in [0.29, 0.717) is 133 Å². The van der Waals surface area contributed by atoms with E-state index in [9.17, 15) is 38.7 Å². The zero-order valence-corrected chi connectivity index (χ0v) is 53.1. The number of amides is 7. The van der Waals surface area contributed by atoms with Crippen LogP contribution in [0.5, 0.6) is 0 Å². The van der Waals surface area contributed by atoms with Crippen LogP contribution in [-0.4, -0.2) is 109 Å². The van der Waals surface area contributed by atoms with E-state index < -0.39 is 46.8 Å². The molecule has 0 saturated heterocycles. The lowest BCUT2D eigenvalue weighted by Crippen LogP contribution is -2.33. The number of aryl methyl sites for hydroxylation is 6. The molecule has 86 heavy (non-hydrogen) atoms. The Morgan fingerprint density at radius 3 is 0.767 bits per heavy atom. The van der Waals surface area contributed by atoms with E-state index in [0.717, 1.165) is 44.5 Å². The number of alkyl carbamates (subject to hydrolysis) is 4. The molecule has 0 bridgehead atoms. The third-order valence-electron chi connectivity index (χ3n) is 12.7. The van der Waals surface area contributed by atoms with Crippen LogP contribution in [0, 0.1) is 0 Å². The highest BCUT2D eigenvalue weighted by atomic mass is 16.6. The Balaban J connectivity index is 1.45. The van der Waals surface area contributed by atoms with Crippen molar-refractivity contribution in [1.82, 2.24) is 37.2 Å². The van der Waals surface area contributed by atoms with Crippen molar-refractivity contribution in [1.29, 1.82) is 0 Å². The third kappa shape index (κ3) is 30.4. The van der Waals surface area contributed by atoms with Gasteiger partial charge in [0.2, 0.25) is 0 Å². The van der Waals surface area contributed by atoms with Gasteiger partial charge in [0, 0.05) is 62.5 Å². The number of aliphatic hydroxyl groups excluding tert-OH is 1. The first-order valence-corrected chi connectivity index (χ1v) is 30.2. The lowest BCUT2D eigenvalue weighted by Gasteiger charge is -2.19. The second kappa shape index (κ2) is 34.5. The maximum absolute atomic E-state index is 13.8. The van der Waals surface area contributed by atoms with Crippen molar-refractivity contribution in [3.05, 3.63) is 140 Å². The first kappa shape index (κ1) is 70.8. The van der Waals surface area contributed by atoms with Gasteiger partial charge in [-0.3, -0.25) is 14.4 Å². The summed E-state index contributed by atoms with van der Waals surface area (Å²) in [6.07, 6.45) is 5.15. The number of carbonyl (C=O) groups is 7. The van der Waals surface area contributed by atoms with Crippen LogP contribution in [0.3, 0.4) is 0 Å². The molecule has 0 aliphatic heterocycles. The summed E-state index contributed by atoms with van der Waals surface area (Å²) >= 11 is 0. The smallest absolute Gasteiger partial charge is 0.407 e. The zero-order chi connectivity index (χ0) is 63.5. The molecular weight excluding hydrogens is 1090 g/mol. The maximum atomic E-state index is 13.8. The second-order valence-corrected chi connectivity index (χ2v) is 25.6. The Morgan fingerprint density at radius 2 is 0.535 bits per heavy atom. The lowest BCUT2D eigenvalue weighted by atomic mass is 9.98. The number of nitrogens with one attached hydrogen (secondary N) is 7. The molecule has 472 valence electrons. The second-order valence-electron chi connectivity index (χ2n) is 25.6. The number of ether oxygens (including phenoxy) is 4. The van der Waals surface area contributed by atoms with Crippen LogP contribution in [-0.2, 0) is 70.6 Å². The predicted octanol–water partition coefficient (Wildman–Crippen LogP) is 10.7. The summed E-state index contributed by atoms with van der Waals surface area (Å²) in [6.45, 7) is 24.1. The standard InChI is InChI=1S/C67H97N7O12/c1-64(2,3)83-60(79)70-31-15-21-50-36-51(22-16-32-71-61(80)84-65(4,5)6)39-54(38-50)57(76)68-29-13-19-48-35-49(43-56(42-48)59(78)74-44-46-25-27-47(45-75)28-26-46)20-14-30-69-58(77)55-40-52(23-17-33-72-62(81)85-66(7,8)9)37-53(41-55)24-18-34-73-63(82)86-67(10,11)12/h25-28,35-43,75H,13-24,29-34,44-45H2,1-12H3,(H,68,76)(H,69,77)(H,70,79)(H,71,80)(H,72,81)(H,73,82)(H,74,78). The van der Waals surface area contributed by atoms with Crippen molar-refractivity contribution in [3.8, 4) is 0 Å². The number of carbonyl (C=O) groups excluding carboxylic acids is 7.